The van der Waals surface area contributed by atoms with E-state index in [1.54, 1.807) is 6.07 Å². The van der Waals surface area contributed by atoms with Crippen LogP contribution in [0.15, 0.2) is 18.2 Å². The average molecular weight is 612 g/mol. The number of ether oxygens (including phenoxy) is 1. The third-order valence-corrected chi connectivity index (χ3v) is 11.3. The lowest BCUT2D eigenvalue weighted by atomic mass is 9.93. The number of halogens is 3. The Balaban J connectivity index is 1.27. The quantitative estimate of drug-likeness (QED) is 0.300. The van der Waals surface area contributed by atoms with E-state index in [1.165, 1.54) is 12.1 Å². The van der Waals surface area contributed by atoms with Gasteiger partial charge in [-0.05, 0) is 81.6 Å². The van der Waals surface area contributed by atoms with E-state index in [9.17, 15) is 4.39 Å². The molecular formula is C30H32ClF2N7OS. The molecule has 4 aromatic rings. The molecule has 2 atom stereocenters. The van der Waals surface area contributed by atoms with E-state index in [0.29, 0.717) is 35.2 Å². The number of nitrogen functional groups attached to an aromatic ring is 1. The molecule has 8 nitrogen and oxygen atoms in total. The van der Waals surface area contributed by atoms with Gasteiger partial charge in [-0.3, -0.25) is 4.90 Å². The number of fused-ring (bicyclic) bond motifs is 5. The molecule has 2 aromatic carbocycles. The van der Waals surface area contributed by atoms with E-state index in [1.807, 2.05) is 0 Å². The maximum absolute atomic E-state index is 16.7. The molecule has 4 aliphatic rings. The first kappa shape index (κ1) is 26.7. The van der Waals surface area contributed by atoms with Gasteiger partial charge in [0.1, 0.15) is 23.8 Å². The van der Waals surface area contributed by atoms with Crippen molar-refractivity contribution >= 4 is 55.0 Å². The summed E-state index contributed by atoms with van der Waals surface area (Å²) in [6.07, 6.45) is 6.59. The number of rotatable bonds is 5. The Hall–Kier alpha value is -2.86. The molecule has 3 saturated heterocycles. The summed E-state index contributed by atoms with van der Waals surface area (Å²) in [6.45, 7) is 4.09. The van der Waals surface area contributed by atoms with Crippen LogP contribution >= 0.6 is 22.9 Å². The number of hydrogen-bond donors (Lipinski definition) is 2. The number of hydrogen-bond acceptors (Lipinski definition) is 9. The van der Waals surface area contributed by atoms with Crippen LogP contribution in [0.4, 0.5) is 19.7 Å². The van der Waals surface area contributed by atoms with Crippen molar-refractivity contribution in [2.45, 2.75) is 50.1 Å². The largest absolute Gasteiger partial charge is 0.461 e. The molecule has 1 aliphatic carbocycles. The molecule has 1 saturated carbocycles. The van der Waals surface area contributed by atoms with Gasteiger partial charge in [-0.1, -0.05) is 22.9 Å². The third kappa shape index (κ3) is 4.07. The predicted octanol–water partition coefficient (Wildman–Crippen LogP) is 5.60. The van der Waals surface area contributed by atoms with Crippen LogP contribution in [0.2, 0.25) is 5.02 Å². The molecule has 3 aliphatic heterocycles. The molecule has 0 spiro atoms. The summed E-state index contributed by atoms with van der Waals surface area (Å²) in [6, 6.07) is 4.81. The van der Waals surface area contributed by atoms with Gasteiger partial charge in [0.15, 0.2) is 10.9 Å². The number of nitrogens with two attached hydrogens (primary N) is 2. The minimum absolute atomic E-state index is 0.0105. The van der Waals surface area contributed by atoms with Gasteiger partial charge >= 0.3 is 6.01 Å². The number of aromatic nitrogens is 3. The second-order valence-electron chi connectivity index (χ2n) is 12.4. The average Bonchev–Trinajstić information content (AvgIpc) is 3.70. The summed E-state index contributed by atoms with van der Waals surface area (Å²) in [5.74, 6) is 0.226. The Bertz CT molecular complexity index is 1710. The van der Waals surface area contributed by atoms with Gasteiger partial charge in [0.2, 0.25) is 0 Å². The second-order valence-corrected chi connectivity index (χ2v) is 13.8. The molecule has 5 heterocycles. The molecule has 12 heteroatoms. The predicted molar refractivity (Wildman–Crippen MR) is 162 cm³/mol. The summed E-state index contributed by atoms with van der Waals surface area (Å²) >= 11 is 7.84. The number of nitrogens with zero attached hydrogens (tertiary/aromatic N) is 5. The van der Waals surface area contributed by atoms with E-state index in [0.717, 1.165) is 76.0 Å². The van der Waals surface area contributed by atoms with Gasteiger partial charge in [-0.2, -0.15) is 9.97 Å². The summed E-state index contributed by atoms with van der Waals surface area (Å²) in [5.41, 5.74) is 13.3. The van der Waals surface area contributed by atoms with Crippen molar-refractivity contribution in [2.75, 3.05) is 43.4 Å². The second kappa shape index (κ2) is 9.83. The number of benzene rings is 2. The first-order valence-electron chi connectivity index (χ1n) is 14.7. The van der Waals surface area contributed by atoms with E-state index in [2.05, 4.69) is 19.8 Å². The zero-order chi connectivity index (χ0) is 28.7. The highest BCUT2D eigenvalue weighted by atomic mass is 35.5. The molecule has 0 radical (unpaired) electrons. The highest BCUT2D eigenvalue weighted by Gasteiger charge is 2.45. The normalized spacial score (nSPS) is 25.1. The zero-order valence-corrected chi connectivity index (χ0v) is 24.7. The molecule has 4 N–H and O–H groups in total. The lowest BCUT2D eigenvalue weighted by molar-refractivity contribution is 0.108. The molecule has 4 fully saturated rings. The first-order valence-corrected chi connectivity index (χ1v) is 15.9. The molecule has 0 amide bonds. The first-order chi connectivity index (χ1) is 20.3. The van der Waals surface area contributed by atoms with Crippen LogP contribution in [0.3, 0.4) is 0 Å². The summed E-state index contributed by atoms with van der Waals surface area (Å²) in [5, 5.41) is 0.876. The summed E-state index contributed by atoms with van der Waals surface area (Å²) < 4.78 is 37.9. The zero-order valence-electron chi connectivity index (χ0n) is 23.1. The Kier molecular flexibility index (Phi) is 6.26. The van der Waals surface area contributed by atoms with Crippen LogP contribution in [-0.4, -0.2) is 64.2 Å². The number of thiazole rings is 1. The molecular weight excluding hydrogens is 580 g/mol. The van der Waals surface area contributed by atoms with Crippen molar-refractivity contribution in [3.05, 3.63) is 34.9 Å². The minimum Gasteiger partial charge on any atom is -0.461 e. The van der Waals surface area contributed by atoms with Crippen LogP contribution in [0.25, 0.3) is 32.2 Å². The van der Waals surface area contributed by atoms with Gasteiger partial charge in [-0.15, -0.1) is 0 Å². The van der Waals surface area contributed by atoms with E-state index in [-0.39, 0.29) is 49.0 Å². The summed E-state index contributed by atoms with van der Waals surface area (Å²) in [4.78, 5) is 18.6. The van der Waals surface area contributed by atoms with Gasteiger partial charge in [0.05, 0.1) is 20.8 Å². The molecule has 220 valence electrons. The summed E-state index contributed by atoms with van der Waals surface area (Å²) in [7, 11) is 0. The maximum atomic E-state index is 16.7. The smallest absolute Gasteiger partial charge is 0.319 e. The van der Waals surface area contributed by atoms with Gasteiger partial charge in [-0.25, -0.2) is 13.8 Å². The maximum Gasteiger partial charge on any atom is 0.319 e. The van der Waals surface area contributed by atoms with Gasteiger partial charge in [0.25, 0.3) is 0 Å². The van der Waals surface area contributed by atoms with Crippen LogP contribution in [0.1, 0.15) is 38.5 Å². The van der Waals surface area contributed by atoms with Gasteiger partial charge in [0, 0.05) is 35.6 Å². The van der Waals surface area contributed by atoms with Crippen molar-refractivity contribution in [3.63, 3.8) is 0 Å². The molecule has 2 bridgehead atoms. The Labute approximate surface area is 251 Å². The molecule has 2 unspecified atom stereocenters. The van der Waals surface area contributed by atoms with Crippen molar-refractivity contribution in [1.82, 2.24) is 19.9 Å². The highest BCUT2D eigenvalue weighted by molar-refractivity contribution is 7.22. The van der Waals surface area contributed by atoms with Crippen LogP contribution in [0, 0.1) is 23.5 Å². The van der Waals surface area contributed by atoms with Gasteiger partial charge < -0.3 is 21.1 Å². The topological polar surface area (TPSA) is 106 Å². The van der Waals surface area contributed by atoms with Crippen molar-refractivity contribution in [2.24, 2.45) is 17.6 Å². The van der Waals surface area contributed by atoms with Crippen LogP contribution < -0.4 is 21.1 Å². The lowest BCUT2D eigenvalue weighted by Crippen LogP contribution is -2.49. The fourth-order valence-electron chi connectivity index (χ4n) is 8.00. The van der Waals surface area contributed by atoms with E-state index >= 15 is 4.39 Å². The Morgan fingerprint density at radius 2 is 1.79 bits per heavy atom. The Morgan fingerprint density at radius 1 is 1.05 bits per heavy atom. The number of anilines is 2. The molecule has 42 heavy (non-hydrogen) atoms. The SMILES string of the molecule is Nc1nc2c(-c3c(Cl)cc4c(N5CC6CCC(C5)C6N)nc(OCC56CCCN5CCC6)nc4c3F)ccc(F)c2s1. The number of piperidine rings is 1. The Morgan fingerprint density at radius 3 is 2.52 bits per heavy atom. The van der Waals surface area contributed by atoms with E-state index in [4.69, 9.17) is 32.8 Å². The lowest BCUT2D eigenvalue weighted by Gasteiger charge is -2.37. The van der Waals surface area contributed by atoms with Crippen LogP contribution in [-0.2, 0) is 0 Å². The minimum atomic E-state index is -0.622. The fraction of sp³-hybridized carbons (Fsp3) is 0.500. The fourth-order valence-corrected chi connectivity index (χ4v) is 9.06. The van der Waals surface area contributed by atoms with E-state index < -0.39 is 11.6 Å². The molecule has 2 aromatic heterocycles. The third-order valence-electron chi connectivity index (χ3n) is 10.1. The standard InChI is InChI=1S/C30H32ClF2N7OS/c31-19-11-18-24(22(33)21(19)17-5-6-20(32)26-25(17)36-28(35)42-26)37-29(41-14-30-7-1-9-40(30)10-2-8-30)38-27(18)39-12-15-3-4-16(13-39)23(15)34/h5-6,11,15-16,23H,1-4,7-10,12-14,34H2,(H2,35,36). The van der Waals surface area contributed by atoms with Crippen LogP contribution in [0.5, 0.6) is 6.01 Å². The highest BCUT2D eigenvalue weighted by Crippen LogP contribution is 2.45. The molecule has 8 rings (SSSR count). The monoisotopic (exact) mass is 611 g/mol. The van der Waals surface area contributed by atoms with Crippen molar-refractivity contribution in [1.29, 1.82) is 0 Å². The van der Waals surface area contributed by atoms with Crippen molar-refractivity contribution in [3.8, 4) is 17.1 Å². The van der Waals surface area contributed by atoms with Crippen molar-refractivity contribution < 1.29 is 13.5 Å².